The second-order valence-corrected chi connectivity index (χ2v) is 9.48. The lowest BCUT2D eigenvalue weighted by molar-refractivity contribution is 0.0664. The first-order valence-electron chi connectivity index (χ1n) is 11.6. The van der Waals surface area contributed by atoms with Crippen LogP contribution in [0.4, 0.5) is 11.6 Å². The molecule has 1 fully saturated rings. The van der Waals surface area contributed by atoms with E-state index in [1.165, 1.54) is 0 Å². The van der Waals surface area contributed by atoms with Crippen LogP contribution in [0.15, 0.2) is 54.6 Å². The van der Waals surface area contributed by atoms with E-state index in [1.54, 1.807) is 0 Å². The molecule has 3 aromatic carbocycles. The summed E-state index contributed by atoms with van der Waals surface area (Å²) in [7, 11) is 2.08. The Bertz CT molecular complexity index is 1400. The summed E-state index contributed by atoms with van der Waals surface area (Å²) in [6.45, 7) is 7.43. The van der Waals surface area contributed by atoms with Crippen molar-refractivity contribution in [1.29, 1.82) is 0 Å². The molecule has 0 bridgehead atoms. The highest BCUT2D eigenvalue weighted by molar-refractivity contribution is 6.30. The minimum absolute atomic E-state index is 0. The molecule has 1 aliphatic heterocycles. The van der Waals surface area contributed by atoms with E-state index in [1.807, 2.05) is 59.5 Å². The van der Waals surface area contributed by atoms with Crippen molar-refractivity contribution in [3.05, 3.63) is 76.3 Å². The third-order valence-electron chi connectivity index (χ3n) is 6.47. The quantitative estimate of drug-likeness (QED) is 0.445. The molecule has 1 amide bonds. The number of amides is 1. The zero-order valence-electron chi connectivity index (χ0n) is 20.5. The van der Waals surface area contributed by atoms with Gasteiger partial charge in [0.15, 0.2) is 0 Å². The minimum Gasteiger partial charge on any atom is -0.412 e. The number of carbonyl (C=O) groups is 1. The average molecular weight is 505 g/mol. The van der Waals surface area contributed by atoms with Gasteiger partial charge in [0.1, 0.15) is 5.52 Å². The van der Waals surface area contributed by atoms with E-state index in [4.69, 9.17) is 11.6 Å². The Hall–Kier alpha value is -3.59. The van der Waals surface area contributed by atoms with Crippen LogP contribution in [0.2, 0.25) is 5.02 Å². The number of halogens is 1. The van der Waals surface area contributed by atoms with E-state index in [-0.39, 0.29) is 11.4 Å². The Balaban J connectivity index is 0.00000304. The maximum absolute atomic E-state index is 12.8. The van der Waals surface area contributed by atoms with Gasteiger partial charge >= 0.3 is 0 Å². The summed E-state index contributed by atoms with van der Waals surface area (Å²) in [4.78, 5) is 21.6. The molecule has 0 aliphatic carbocycles. The van der Waals surface area contributed by atoms with Gasteiger partial charge in [0.05, 0.1) is 5.52 Å². The molecule has 9 heteroatoms. The van der Waals surface area contributed by atoms with Crippen LogP contribution in [0.1, 0.15) is 21.5 Å². The van der Waals surface area contributed by atoms with Crippen molar-refractivity contribution in [2.45, 2.75) is 13.8 Å². The van der Waals surface area contributed by atoms with Crippen molar-refractivity contribution in [1.82, 2.24) is 25.0 Å². The van der Waals surface area contributed by atoms with Gasteiger partial charge in [-0.3, -0.25) is 4.79 Å². The fraction of sp³-hybridized carbons (Fsp3) is 0.259. The van der Waals surface area contributed by atoms with Crippen molar-refractivity contribution in [3.63, 3.8) is 0 Å². The lowest BCUT2D eigenvalue weighted by Gasteiger charge is -2.32. The molecule has 3 N–H and O–H groups in total. The number of aromatic nitrogens is 3. The number of rotatable bonds is 4. The highest BCUT2D eigenvalue weighted by atomic mass is 35.5. The number of aryl methyl sites for hydroxylation is 2. The predicted octanol–water partition coefficient (Wildman–Crippen LogP) is 4.27. The number of nitrogens with one attached hydrogen (secondary N) is 1. The van der Waals surface area contributed by atoms with Gasteiger partial charge in [-0.25, -0.2) is 4.98 Å². The fourth-order valence-electron chi connectivity index (χ4n) is 4.33. The Morgan fingerprint density at radius 3 is 2.28 bits per heavy atom. The summed E-state index contributed by atoms with van der Waals surface area (Å²) in [5.74, 6) is 0.469. The predicted molar refractivity (Wildman–Crippen MR) is 144 cm³/mol. The first-order valence-corrected chi connectivity index (χ1v) is 12.0. The summed E-state index contributed by atoms with van der Waals surface area (Å²) in [6.07, 6.45) is 0. The molecule has 0 atom stereocenters. The first kappa shape index (κ1) is 25.5. The van der Waals surface area contributed by atoms with Gasteiger partial charge in [0.25, 0.3) is 5.91 Å². The molecule has 0 saturated carbocycles. The number of hydrogen-bond donors (Lipinski definition) is 1. The third-order valence-corrected chi connectivity index (χ3v) is 6.70. The van der Waals surface area contributed by atoms with Gasteiger partial charge in [0, 0.05) is 42.5 Å². The number of anilines is 2. The van der Waals surface area contributed by atoms with Gasteiger partial charge in [0.2, 0.25) is 5.95 Å². The largest absolute Gasteiger partial charge is 0.412 e. The molecule has 5 rings (SSSR count). The van der Waals surface area contributed by atoms with Gasteiger partial charge in [-0.15, -0.1) is 10.2 Å². The number of carbonyl (C=O) groups excluding carboxylic acids is 1. The second-order valence-electron chi connectivity index (χ2n) is 9.05. The van der Waals surface area contributed by atoms with Crippen molar-refractivity contribution in [3.8, 4) is 11.1 Å². The van der Waals surface area contributed by atoms with Crippen molar-refractivity contribution in [2.24, 2.45) is 0 Å². The maximum atomic E-state index is 12.8. The summed E-state index contributed by atoms with van der Waals surface area (Å²) in [6, 6.07) is 17.3. The fourth-order valence-corrected chi connectivity index (χ4v) is 4.51. The van der Waals surface area contributed by atoms with E-state index < -0.39 is 0 Å². The third kappa shape index (κ3) is 5.31. The number of likely N-dealkylation sites (N-methyl/N-ethyl adjacent to an activating group) is 1. The number of piperazine rings is 1. The minimum atomic E-state index is 0. The standard InChI is InChI=1S/C27H27ClN6O.H2O/c1-17-4-7-20(28)15-22(17)23-16-25-24(14-18(23)2)30-27(32-31-25)29-21-8-5-19(6-9-21)26(35)34-12-10-33(3)11-13-34;/h4-9,14-16H,10-13H2,1-3H3,(H,29,30,32);1H2. The topological polar surface area (TPSA) is 106 Å². The smallest absolute Gasteiger partial charge is 0.253 e. The van der Waals surface area contributed by atoms with Crippen LogP contribution in [-0.2, 0) is 0 Å². The number of hydrogen-bond acceptors (Lipinski definition) is 6. The summed E-state index contributed by atoms with van der Waals surface area (Å²) in [5, 5.41) is 12.6. The molecule has 8 nitrogen and oxygen atoms in total. The van der Waals surface area contributed by atoms with Crippen LogP contribution in [0.5, 0.6) is 0 Å². The molecule has 4 aromatic rings. The first-order chi connectivity index (χ1) is 16.9. The molecular weight excluding hydrogens is 476 g/mol. The van der Waals surface area contributed by atoms with Gasteiger partial charge in [-0.05, 0) is 91.7 Å². The SMILES string of the molecule is Cc1ccc(Cl)cc1-c1cc2nnc(Nc3ccc(C(=O)N4CCN(C)CC4)cc3)nc2cc1C.O. The maximum Gasteiger partial charge on any atom is 0.253 e. The van der Waals surface area contributed by atoms with Crippen molar-refractivity contribution in [2.75, 3.05) is 38.5 Å². The Labute approximate surface area is 215 Å². The second kappa shape index (κ2) is 10.6. The molecule has 1 aliphatic rings. The highest BCUT2D eigenvalue weighted by Crippen LogP contribution is 2.31. The Morgan fingerprint density at radius 2 is 1.56 bits per heavy atom. The summed E-state index contributed by atoms with van der Waals surface area (Å²) in [5.41, 5.74) is 7.31. The molecule has 0 radical (unpaired) electrons. The molecule has 1 saturated heterocycles. The van der Waals surface area contributed by atoms with E-state index in [9.17, 15) is 4.79 Å². The number of fused-ring (bicyclic) bond motifs is 1. The lowest BCUT2D eigenvalue weighted by Crippen LogP contribution is -2.47. The van der Waals surface area contributed by atoms with Crippen LogP contribution in [0, 0.1) is 13.8 Å². The molecule has 2 heterocycles. The monoisotopic (exact) mass is 504 g/mol. The van der Waals surface area contributed by atoms with Gasteiger partial charge < -0.3 is 20.6 Å². The van der Waals surface area contributed by atoms with Gasteiger partial charge in [-0.2, -0.15) is 0 Å². The zero-order chi connectivity index (χ0) is 24.5. The van der Waals surface area contributed by atoms with E-state index in [0.717, 1.165) is 59.6 Å². The van der Waals surface area contributed by atoms with Crippen molar-refractivity contribution < 1.29 is 10.3 Å². The van der Waals surface area contributed by atoms with Crippen LogP contribution in [0.3, 0.4) is 0 Å². The molecular formula is C27H29ClN6O2. The number of benzene rings is 3. The molecule has 186 valence electrons. The van der Waals surface area contributed by atoms with Crippen LogP contribution < -0.4 is 5.32 Å². The summed E-state index contributed by atoms with van der Waals surface area (Å²) >= 11 is 6.24. The Kier molecular flexibility index (Phi) is 7.49. The molecule has 1 aromatic heterocycles. The van der Waals surface area contributed by atoms with Crippen LogP contribution in [0.25, 0.3) is 22.2 Å². The average Bonchev–Trinajstić information content (AvgIpc) is 2.86. The van der Waals surface area contributed by atoms with E-state index >= 15 is 0 Å². The van der Waals surface area contributed by atoms with Crippen LogP contribution in [-0.4, -0.2) is 69.6 Å². The Morgan fingerprint density at radius 1 is 0.861 bits per heavy atom. The zero-order valence-corrected chi connectivity index (χ0v) is 21.3. The summed E-state index contributed by atoms with van der Waals surface area (Å²) < 4.78 is 0. The molecule has 0 unspecified atom stereocenters. The van der Waals surface area contributed by atoms with E-state index in [0.29, 0.717) is 22.1 Å². The van der Waals surface area contributed by atoms with Crippen LogP contribution >= 0.6 is 11.6 Å². The van der Waals surface area contributed by atoms with E-state index in [2.05, 4.69) is 46.3 Å². The molecule has 36 heavy (non-hydrogen) atoms. The number of nitrogens with zero attached hydrogens (tertiary/aromatic N) is 5. The normalized spacial score (nSPS) is 13.9. The van der Waals surface area contributed by atoms with Crippen molar-refractivity contribution >= 4 is 40.2 Å². The lowest BCUT2D eigenvalue weighted by atomic mass is 9.96. The van der Waals surface area contributed by atoms with Gasteiger partial charge in [-0.1, -0.05) is 17.7 Å². The molecule has 0 spiro atoms. The highest BCUT2D eigenvalue weighted by Gasteiger charge is 2.20.